The number of benzene rings is 1. The Morgan fingerprint density at radius 1 is 0.977 bits per heavy atom. The molecule has 1 fully saturated rings. The zero-order chi connectivity index (χ0) is 32.2. The van der Waals surface area contributed by atoms with Crippen molar-refractivity contribution in [3.8, 4) is 0 Å². The van der Waals surface area contributed by atoms with Gasteiger partial charge in [0.15, 0.2) is 0 Å². The summed E-state index contributed by atoms with van der Waals surface area (Å²) >= 11 is 1.46. The highest BCUT2D eigenvalue weighted by atomic mass is 32.1. The van der Waals surface area contributed by atoms with Crippen molar-refractivity contribution in [1.29, 1.82) is 0 Å². The van der Waals surface area contributed by atoms with Gasteiger partial charge in [0.25, 0.3) is 0 Å². The minimum Gasteiger partial charge on any atom is -0.355 e. The molecule has 44 heavy (non-hydrogen) atoms. The summed E-state index contributed by atoms with van der Waals surface area (Å²) in [5.41, 5.74) is 1.62. The molecule has 4 atom stereocenters. The van der Waals surface area contributed by atoms with E-state index in [0.29, 0.717) is 6.42 Å². The lowest BCUT2D eigenvalue weighted by molar-refractivity contribution is -0.139. The van der Waals surface area contributed by atoms with Gasteiger partial charge < -0.3 is 31.5 Å². The van der Waals surface area contributed by atoms with Crippen LogP contribution < -0.4 is 26.6 Å². The minimum absolute atomic E-state index is 0.0936. The van der Waals surface area contributed by atoms with Crippen LogP contribution in [0.1, 0.15) is 44.7 Å². The number of carbonyl (C=O) groups is 6. The van der Waals surface area contributed by atoms with E-state index in [1.54, 1.807) is 13.8 Å². The lowest BCUT2D eigenvalue weighted by atomic mass is 10.0. The lowest BCUT2D eigenvalue weighted by Crippen LogP contribution is -2.59. The summed E-state index contributed by atoms with van der Waals surface area (Å²) in [6.45, 7) is 4.95. The van der Waals surface area contributed by atoms with Crippen LogP contribution >= 0.6 is 11.3 Å². The molecule has 1 aromatic carbocycles. The highest BCUT2D eigenvalue weighted by Crippen LogP contribution is 2.10. The van der Waals surface area contributed by atoms with Crippen LogP contribution in [-0.4, -0.2) is 84.6 Å². The molecular weight excluding hydrogens is 584 g/mol. The van der Waals surface area contributed by atoms with Gasteiger partial charge in [0.05, 0.1) is 13.0 Å². The van der Waals surface area contributed by atoms with E-state index in [4.69, 9.17) is 0 Å². The molecule has 1 aromatic heterocycles. The number of amides is 6. The van der Waals surface area contributed by atoms with Gasteiger partial charge in [0.1, 0.15) is 24.2 Å². The number of rotatable bonds is 6. The van der Waals surface area contributed by atoms with Gasteiger partial charge in [-0.15, -0.1) is 0 Å². The first kappa shape index (κ1) is 34.2. The fraction of sp³-hybridized carbons (Fsp3) is 0.484. The molecule has 13 heteroatoms. The van der Waals surface area contributed by atoms with Crippen LogP contribution in [0.4, 0.5) is 0 Å². The first-order valence-electron chi connectivity index (χ1n) is 14.7. The van der Waals surface area contributed by atoms with Crippen LogP contribution in [0.2, 0.25) is 0 Å². The third-order valence-corrected chi connectivity index (χ3v) is 7.97. The van der Waals surface area contributed by atoms with Crippen LogP contribution in [0.25, 0.3) is 0 Å². The van der Waals surface area contributed by atoms with Gasteiger partial charge in [-0.3, -0.25) is 28.8 Å². The molecule has 0 radical (unpaired) electrons. The first-order valence-corrected chi connectivity index (χ1v) is 15.7. The zero-order valence-electron chi connectivity index (χ0n) is 25.6. The molecule has 0 aliphatic carbocycles. The van der Waals surface area contributed by atoms with Crippen LogP contribution in [0.5, 0.6) is 0 Å². The number of nitrogens with zero attached hydrogens (tertiary/aromatic N) is 1. The molecular formula is C31H42N6O6S. The fourth-order valence-electron chi connectivity index (χ4n) is 4.75. The molecule has 0 unspecified atom stereocenters. The van der Waals surface area contributed by atoms with Gasteiger partial charge in [0.2, 0.25) is 35.4 Å². The summed E-state index contributed by atoms with van der Waals surface area (Å²) in [4.78, 5) is 80.0. The Kier molecular flexibility index (Phi) is 12.9. The third kappa shape index (κ3) is 10.5. The van der Waals surface area contributed by atoms with E-state index in [-0.39, 0.29) is 44.2 Å². The number of nitrogens with one attached hydrogen (secondary N) is 5. The van der Waals surface area contributed by atoms with Crippen LogP contribution in [0.15, 0.2) is 47.2 Å². The van der Waals surface area contributed by atoms with E-state index in [0.717, 1.165) is 11.1 Å². The zero-order valence-corrected chi connectivity index (χ0v) is 26.4. The van der Waals surface area contributed by atoms with Crippen molar-refractivity contribution in [2.24, 2.45) is 5.92 Å². The Balaban J connectivity index is 1.81. The Bertz CT molecular complexity index is 1300. The Morgan fingerprint density at radius 3 is 2.36 bits per heavy atom. The van der Waals surface area contributed by atoms with Crippen LogP contribution in [-0.2, 0) is 41.6 Å². The SMILES string of the molecule is CC(C)[C@H]1NC(=O)[C@@H](NC(=O)Cc2ccsc2)CCCNC(=O)CN(C)C(=O)[C@H](Cc2ccccc2)NC(=O)[C@@H](C)NC1=O. The van der Waals surface area contributed by atoms with E-state index in [9.17, 15) is 28.8 Å². The third-order valence-electron chi connectivity index (χ3n) is 7.24. The van der Waals surface area contributed by atoms with Gasteiger partial charge in [-0.25, -0.2) is 0 Å². The second kappa shape index (κ2) is 16.6. The maximum absolute atomic E-state index is 13.4. The average Bonchev–Trinajstić information content (AvgIpc) is 3.49. The lowest BCUT2D eigenvalue weighted by Gasteiger charge is -2.28. The van der Waals surface area contributed by atoms with E-state index in [1.165, 1.54) is 30.2 Å². The summed E-state index contributed by atoms with van der Waals surface area (Å²) < 4.78 is 0. The minimum atomic E-state index is -1.04. The molecule has 0 spiro atoms. The molecule has 1 saturated heterocycles. The van der Waals surface area contributed by atoms with Gasteiger partial charge in [-0.05, 0) is 53.6 Å². The molecule has 3 rings (SSSR count). The van der Waals surface area contributed by atoms with Crippen LogP contribution in [0.3, 0.4) is 0 Å². The highest BCUT2D eigenvalue weighted by molar-refractivity contribution is 7.08. The predicted molar refractivity (Wildman–Crippen MR) is 166 cm³/mol. The maximum atomic E-state index is 13.4. The van der Waals surface area contributed by atoms with Crippen molar-refractivity contribution in [3.05, 3.63) is 58.3 Å². The number of hydrogen-bond donors (Lipinski definition) is 5. The number of hydrogen-bond acceptors (Lipinski definition) is 7. The van der Waals surface area contributed by atoms with E-state index in [2.05, 4.69) is 26.6 Å². The maximum Gasteiger partial charge on any atom is 0.245 e. The first-order chi connectivity index (χ1) is 20.9. The standard InChI is InChI=1S/C31H42N6O6S/c1-19(2)27-30(42)33-20(3)28(40)35-24(15-21-9-6-5-7-10-21)31(43)37(4)17-26(39)32-13-8-11-23(29(41)36-27)34-25(38)16-22-12-14-44-18-22/h5-7,9-10,12,14,18-20,23-24,27H,8,11,13,15-17H2,1-4H3,(H,32,39)(H,33,42)(H,34,38)(H,35,40)(H,36,41)/t20-,23+,24+,27-/m1/s1. The number of likely N-dealkylation sites (N-methyl/N-ethyl adjacent to an activating group) is 1. The Morgan fingerprint density at radius 2 is 1.70 bits per heavy atom. The quantitative estimate of drug-likeness (QED) is 0.314. The molecule has 0 bridgehead atoms. The second-order valence-electron chi connectivity index (χ2n) is 11.3. The normalized spacial score (nSPS) is 23.1. The summed E-state index contributed by atoms with van der Waals surface area (Å²) in [6.07, 6.45) is 0.821. The van der Waals surface area contributed by atoms with E-state index in [1.807, 2.05) is 47.2 Å². The fourth-order valence-corrected chi connectivity index (χ4v) is 5.41. The summed E-state index contributed by atoms with van der Waals surface area (Å²) in [7, 11) is 1.48. The Hall–Kier alpha value is -4.26. The smallest absolute Gasteiger partial charge is 0.245 e. The van der Waals surface area contributed by atoms with Crippen molar-refractivity contribution in [2.45, 2.75) is 70.6 Å². The van der Waals surface area contributed by atoms with Gasteiger partial charge in [-0.2, -0.15) is 11.3 Å². The number of thiophene rings is 1. The van der Waals surface area contributed by atoms with E-state index < -0.39 is 53.7 Å². The average molecular weight is 627 g/mol. The van der Waals surface area contributed by atoms with E-state index >= 15 is 0 Å². The van der Waals surface area contributed by atoms with Gasteiger partial charge >= 0.3 is 0 Å². The van der Waals surface area contributed by atoms with Crippen molar-refractivity contribution in [3.63, 3.8) is 0 Å². The monoisotopic (exact) mass is 626 g/mol. The van der Waals surface area contributed by atoms with Crippen molar-refractivity contribution >= 4 is 46.8 Å². The highest BCUT2D eigenvalue weighted by Gasteiger charge is 2.32. The molecule has 1 aliphatic rings. The van der Waals surface area contributed by atoms with Crippen molar-refractivity contribution < 1.29 is 28.8 Å². The molecule has 1 aliphatic heterocycles. The largest absolute Gasteiger partial charge is 0.355 e. The Labute approximate surface area is 261 Å². The second-order valence-corrected chi connectivity index (χ2v) is 12.1. The van der Waals surface area contributed by atoms with Crippen molar-refractivity contribution in [1.82, 2.24) is 31.5 Å². The predicted octanol–water partition coefficient (Wildman–Crippen LogP) is 0.517. The summed E-state index contributed by atoms with van der Waals surface area (Å²) in [6, 6.07) is 6.98. The molecule has 6 amide bonds. The molecule has 238 valence electrons. The van der Waals surface area contributed by atoms with Gasteiger partial charge in [0, 0.05) is 20.0 Å². The molecule has 5 N–H and O–H groups in total. The molecule has 12 nitrogen and oxygen atoms in total. The van der Waals surface area contributed by atoms with Crippen LogP contribution in [0, 0.1) is 5.92 Å². The van der Waals surface area contributed by atoms with Crippen molar-refractivity contribution in [2.75, 3.05) is 20.1 Å². The van der Waals surface area contributed by atoms with Gasteiger partial charge in [-0.1, -0.05) is 44.2 Å². The number of carbonyl (C=O) groups excluding carboxylic acids is 6. The molecule has 2 aromatic rings. The summed E-state index contributed by atoms with van der Waals surface area (Å²) in [5.74, 6) is -3.28. The molecule has 0 saturated carbocycles. The molecule has 2 heterocycles. The summed E-state index contributed by atoms with van der Waals surface area (Å²) in [5, 5.41) is 17.3. The topological polar surface area (TPSA) is 166 Å².